The fraction of sp³-hybridized carbons (Fsp3) is 0.571. The fourth-order valence-electron chi connectivity index (χ4n) is 1.47. The van der Waals surface area contributed by atoms with Gasteiger partial charge in [0.05, 0.1) is 19.3 Å². The number of aliphatic hydroxyl groups is 1. The highest BCUT2D eigenvalue weighted by Crippen LogP contribution is 2.15. The van der Waals surface area contributed by atoms with Gasteiger partial charge in [0.2, 0.25) is 0 Å². The van der Waals surface area contributed by atoms with Gasteiger partial charge in [0, 0.05) is 4.47 Å². The summed E-state index contributed by atoms with van der Waals surface area (Å²) in [5.41, 5.74) is 0. The normalized spacial score (nSPS) is 12.7. The first-order valence-electron chi connectivity index (χ1n) is 6.55. The number of hydrogen-bond donors (Lipinski definition) is 2. The minimum Gasteiger partial charge on any atom is -0.491 e. The van der Waals surface area contributed by atoms with Gasteiger partial charge in [-0.1, -0.05) is 15.9 Å². The van der Waals surface area contributed by atoms with E-state index in [2.05, 4.69) is 35.1 Å². The van der Waals surface area contributed by atoms with Crippen molar-refractivity contribution >= 4 is 15.9 Å². The van der Waals surface area contributed by atoms with E-state index in [4.69, 9.17) is 9.47 Å². The second kappa shape index (κ2) is 9.31. The number of nitrogens with two attached hydrogens (primary N) is 1. The molecule has 0 aromatic heterocycles. The molecule has 0 aliphatic heterocycles. The van der Waals surface area contributed by atoms with Crippen LogP contribution in [0.25, 0.3) is 0 Å². The van der Waals surface area contributed by atoms with E-state index in [-0.39, 0.29) is 0 Å². The van der Waals surface area contributed by atoms with E-state index < -0.39 is 6.10 Å². The van der Waals surface area contributed by atoms with E-state index in [0.717, 1.165) is 10.2 Å². The van der Waals surface area contributed by atoms with E-state index in [1.807, 2.05) is 24.3 Å². The topological polar surface area (TPSA) is 55.3 Å². The molecule has 0 aliphatic carbocycles. The molecular weight excluding hydrogens is 310 g/mol. The molecule has 108 valence electrons. The van der Waals surface area contributed by atoms with Gasteiger partial charge in [0.25, 0.3) is 0 Å². The average Bonchev–Trinajstić information content (AvgIpc) is 2.38. The van der Waals surface area contributed by atoms with Crippen molar-refractivity contribution in [2.75, 3.05) is 26.4 Å². The summed E-state index contributed by atoms with van der Waals surface area (Å²) in [5, 5.41) is 11.7. The molecule has 0 fully saturated rings. The SMILES string of the molecule is CC(C)[NH2+]C[C@@H](O)COCCOc1ccc(Br)cc1. The Kier molecular flexibility index (Phi) is 8.05. The summed E-state index contributed by atoms with van der Waals surface area (Å²) in [5.74, 6) is 0.820. The van der Waals surface area contributed by atoms with Crippen LogP contribution < -0.4 is 10.1 Å². The maximum absolute atomic E-state index is 9.64. The van der Waals surface area contributed by atoms with E-state index in [1.54, 1.807) is 0 Å². The highest BCUT2D eigenvalue weighted by atomic mass is 79.9. The monoisotopic (exact) mass is 332 g/mol. The van der Waals surface area contributed by atoms with Crippen LogP contribution in [0.3, 0.4) is 0 Å². The highest BCUT2D eigenvalue weighted by molar-refractivity contribution is 9.10. The lowest BCUT2D eigenvalue weighted by molar-refractivity contribution is -0.688. The Morgan fingerprint density at radius 1 is 1.21 bits per heavy atom. The lowest BCUT2D eigenvalue weighted by Crippen LogP contribution is -2.90. The minimum absolute atomic E-state index is 0.354. The van der Waals surface area contributed by atoms with Gasteiger partial charge in [0.1, 0.15) is 25.0 Å². The van der Waals surface area contributed by atoms with Crippen molar-refractivity contribution < 1.29 is 19.9 Å². The average molecular weight is 333 g/mol. The van der Waals surface area contributed by atoms with Crippen LogP contribution in [0.15, 0.2) is 28.7 Å². The second-order valence-electron chi connectivity index (χ2n) is 4.75. The molecule has 3 N–H and O–H groups in total. The molecule has 0 bridgehead atoms. The Morgan fingerprint density at radius 2 is 1.89 bits per heavy atom. The third kappa shape index (κ3) is 8.21. The van der Waals surface area contributed by atoms with Crippen molar-refractivity contribution in [2.24, 2.45) is 0 Å². The number of rotatable bonds is 9. The number of benzene rings is 1. The van der Waals surface area contributed by atoms with Crippen molar-refractivity contribution in [1.29, 1.82) is 0 Å². The smallest absolute Gasteiger partial charge is 0.126 e. The van der Waals surface area contributed by atoms with Crippen molar-refractivity contribution in [3.63, 3.8) is 0 Å². The Balaban J connectivity index is 2.03. The molecule has 1 rings (SSSR count). The predicted molar refractivity (Wildman–Crippen MR) is 78.4 cm³/mol. The van der Waals surface area contributed by atoms with Gasteiger partial charge < -0.3 is 19.9 Å². The highest BCUT2D eigenvalue weighted by Gasteiger charge is 2.07. The number of hydrogen-bond acceptors (Lipinski definition) is 3. The molecule has 0 aliphatic rings. The first-order chi connectivity index (χ1) is 9.08. The molecular formula is C14H23BrNO3+. The molecule has 0 radical (unpaired) electrons. The molecule has 0 spiro atoms. The molecule has 4 nitrogen and oxygen atoms in total. The summed E-state index contributed by atoms with van der Waals surface area (Å²) in [7, 11) is 0. The molecule has 1 atom stereocenters. The van der Waals surface area contributed by atoms with E-state index >= 15 is 0 Å². The molecule has 0 saturated heterocycles. The predicted octanol–water partition coefficient (Wildman–Crippen LogP) is 1.18. The van der Waals surface area contributed by atoms with E-state index in [1.165, 1.54) is 0 Å². The quantitative estimate of drug-likeness (QED) is 0.667. The molecule has 5 heteroatoms. The Morgan fingerprint density at radius 3 is 2.53 bits per heavy atom. The fourth-order valence-corrected chi connectivity index (χ4v) is 1.73. The van der Waals surface area contributed by atoms with Crippen LogP contribution in [0.5, 0.6) is 5.75 Å². The van der Waals surface area contributed by atoms with Gasteiger partial charge in [-0.05, 0) is 38.1 Å². The second-order valence-corrected chi connectivity index (χ2v) is 5.66. The zero-order valence-electron chi connectivity index (χ0n) is 11.5. The lowest BCUT2D eigenvalue weighted by atomic mass is 10.3. The number of halogens is 1. The lowest BCUT2D eigenvalue weighted by Gasteiger charge is -2.12. The molecule has 1 aromatic rings. The maximum Gasteiger partial charge on any atom is 0.126 e. The van der Waals surface area contributed by atoms with Crippen molar-refractivity contribution in [3.8, 4) is 5.75 Å². The Labute approximate surface area is 123 Å². The van der Waals surface area contributed by atoms with Crippen molar-refractivity contribution in [2.45, 2.75) is 26.0 Å². The summed E-state index contributed by atoms with van der Waals surface area (Å²) in [4.78, 5) is 0. The zero-order valence-corrected chi connectivity index (χ0v) is 13.1. The zero-order chi connectivity index (χ0) is 14.1. The number of aliphatic hydroxyl groups excluding tert-OH is 1. The van der Waals surface area contributed by atoms with Gasteiger partial charge in [0.15, 0.2) is 0 Å². The standard InChI is InChI=1S/C14H22BrNO3/c1-11(2)16-9-13(17)10-18-7-8-19-14-5-3-12(15)4-6-14/h3-6,11,13,16-17H,7-10H2,1-2H3/p+1/t13-/m1/s1. The third-order valence-electron chi connectivity index (χ3n) is 2.50. The van der Waals surface area contributed by atoms with Crippen LogP contribution >= 0.6 is 15.9 Å². The minimum atomic E-state index is -0.421. The first-order valence-corrected chi connectivity index (χ1v) is 7.34. The Hall–Kier alpha value is -0.620. The number of quaternary nitrogens is 1. The van der Waals surface area contributed by atoms with E-state index in [0.29, 0.717) is 32.4 Å². The van der Waals surface area contributed by atoms with Crippen LogP contribution in [0.2, 0.25) is 0 Å². The van der Waals surface area contributed by atoms with Crippen molar-refractivity contribution in [1.82, 2.24) is 0 Å². The summed E-state index contributed by atoms with van der Waals surface area (Å²) in [6, 6.07) is 8.16. The van der Waals surface area contributed by atoms with Gasteiger partial charge in [-0.15, -0.1) is 0 Å². The van der Waals surface area contributed by atoms with Crippen LogP contribution in [0.1, 0.15) is 13.8 Å². The molecule has 0 heterocycles. The molecule has 0 unspecified atom stereocenters. The van der Waals surface area contributed by atoms with Crippen LogP contribution in [-0.2, 0) is 4.74 Å². The van der Waals surface area contributed by atoms with Gasteiger partial charge in [-0.25, -0.2) is 0 Å². The van der Waals surface area contributed by atoms with Crippen molar-refractivity contribution in [3.05, 3.63) is 28.7 Å². The summed E-state index contributed by atoms with van der Waals surface area (Å²) < 4.78 is 11.9. The summed E-state index contributed by atoms with van der Waals surface area (Å²) in [6.07, 6.45) is -0.421. The molecule has 19 heavy (non-hydrogen) atoms. The molecule has 1 aromatic carbocycles. The van der Waals surface area contributed by atoms with Gasteiger partial charge >= 0.3 is 0 Å². The Bertz CT molecular complexity index is 343. The van der Waals surface area contributed by atoms with Crippen LogP contribution in [0.4, 0.5) is 0 Å². The summed E-state index contributed by atoms with van der Waals surface area (Å²) in [6.45, 7) is 6.19. The van der Waals surface area contributed by atoms with Gasteiger partial charge in [-0.2, -0.15) is 0 Å². The third-order valence-corrected chi connectivity index (χ3v) is 3.03. The van der Waals surface area contributed by atoms with Gasteiger partial charge in [-0.3, -0.25) is 0 Å². The molecule has 0 amide bonds. The van der Waals surface area contributed by atoms with Crippen LogP contribution in [0, 0.1) is 0 Å². The maximum atomic E-state index is 9.64. The molecule has 0 saturated carbocycles. The van der Waals surface area contributed by atoms with Crippen LogP contribution in [-0.4, -0.2) is 43.6 Å². The van der Waals surface area contributed by atoms with E-state index in [9.17, 15) is 5.11 Å². The largest absolute Gasteiger partial charge is 0.491 e. The summed E-state index contributed by atoms with van der Waals surface area (Å²) >= 11 is 3.37. The number of ether oxygens (including phenoxy) is 2. The first kappa shape index (κ1) is 16.4.